The minimum Gasteiger partial charge on any atom is -0.324 e. The van der Waals surface area contributed by atoms with E-state index in [0.717, 1.165) is 17.7 Å². The van der Waals surface area contributed by atoms with Crippen LogP contribution in [-0.4, -0.2) is 15.9 Å². The highest BCUT2D eigenvalue weighted by Crippen LogP contribution is 2.21. The Labute approximate surface area is 159 Å². The SMILES string of the molecule is Cc1cc(C(=O)Nc2cc(Cl)ccc2C)nc(Nc2ccc(F)c(F)c2)n1. The molecule has 1 heterocycles. The zero-order valence-electron chi connectivity index (χ0n) is 14.5. The number of aryl methyl sites for hydroxylation is 2. The molecule has 1 aromatic heterocycles. The molecule has 5 nitrogen and oxygen atoms in total. The zero-order valence-corrected chi connectivity index (χ0v) is 15.2. The average molecular weight is 389 g/mol. The lowest BCUT2D eigenvalue weighted by Gasteiger charge is -2.11. The molecule has 138 valence electrons. The topological polar surface area (TPSA) is 66.9 Å². The molecule has 0 unspecified atom stereocenters. The number of carbonyl (C=O) groups is 1. The van der Waals surface area contributed by atoms with Crippen molar-refractivity contribution < 1.29 is 13.6 Å². The van der Waals surface area contributed by atoms with Crippen molar-refractivity contribution in [3.63, 3.8) is 0 Å². The van der Waals surface area contributed by atoms with Crippen molar-refractivity contribution in [1.29, 1.82) is 0 Å². The molecule has 2 N–H and O–H groups in total. The maximum atomic E-state index is 13.4. The first-order valence-electron chi connectivity index (χ1n) is 7.97. The predicted molar refractivity (Wildman–Crippen MR) is 101 cm³/mol. The number of nitrogens with one attached hydrogen (secondary N) is 2. The second-order valence-corrected chi connectivity index (χ2v) is 6.32. The van der Waals surface area contributed by atoms with Crippen LogP contribution in [0.1, 0.15) is 21.7 Å². The molecule has 0 aliphatic rings. The average Bonchev–Trinajstić information content (AvgIpc) is 2.61. The normalized spacial score (nSPS) is 10.6. The summed E-state index contributed by atoms with van der Waals surface area (Å²) < 4.78 is 26.4. The van der Waals surface area contributed by atoms with Gasteiger partial charge in [0.25, 0.3) is 5.91 Å². The van der Waals surface area contributed by atoms with E-state index in [9.17, 15) is 13.6 Å². The van der Waals surface area contributed by atoms with Crippen molar-refractivity contribution in [2.75, 3.05) is 10.6 Å². The van der Waals surface area contributed by atoms with E-state index in [2.05, 4.69) is 20.6 Å². The first kappa shape index (κ1) is 18.7. The highest BCUT2D eigenvalue weighted by Gasteiger charge is 2.13. The fraction of sp³-hybridized carbons (Fsp3) is 0.105. The standard InChI is InChI=1S/C19H15ClF2N4O/c1-10-3-4-12(20)8-16(10)25-18(27)17-7-11(2)23-19(26-17)24-13-5-6-14(21)15(22)9-13/h3-9H,1-2H3,(H,25,27)(H,23,24,26). The maximum Gasteiger partial charge on any atom is 0.274 e. The molecule has 3 aromatic rings. The van der Waals surface area contributed by atoms with Crippen LogP contribution in [0.5, 0.6) is 0 Å². The van der Waals surface area contributed by atoms with Crippen molar-refractivity contribution in [3.8, 4) is 0 Å². The van der Waals surface area contributed by atoms with Gasteiger partial charge in [0.2, 0.25) is 5.95 Å². The number of hydrogen-bond acceptors (Lipinski definition) is 4. The van der Waals surface area contributed by atoms with Crippen LogP contribution in [-0.2, 0) is 0 Å². The quantitative estimate of drug-likeness (QED) is 0.658. The van der Waals surface area contributed by atoms with Gasteiger partial charge in [-0.2, -0.15) is 0 Å². The van der Waals surface area contributed by atoms with E-state index >= 15 is 0 Å². The Hall–Kier alpha value is -3.06. The molecule has 0 saturated heterocycles. The van der Waals surface area contributed by atoms with Crippen LogP contribution >= 0.6 is 11.6 Å². The third-order valence-electron chi connectivity index (χ3n) is 3.71. The first-order valence-corrected chi connectivity index (χ1v) is 8.35. The van der Waals surface area contributed by atoms with E-state index in [0.29, 0.717) is 16.4 Å². The number of benzene rings is 2. The van der Waals surface area contributed by atoms with E-state index in [4.69, 9.17) is 11.6 Å². The summed E-state index contributed by atoms with van der Waals surface area (Å²) in [6, 6.07) is 10.00. The molecule has 0 radical (unpaired) electrons. The molecular formula is C19H15ClF2N4O. The fourth-order valence-corrected chi connectivity index (χ4v) is 2.53. The van der Waals surface area contributed by atoms with Gasteiger partial charge in [0.05, 0.1) is 0 Å². The van der Waals surface area contributed by atoms with Crippen molar-refractivity contribution in [2.24, 2.45) is 0 Å². The van der Waals surface area contributed by atoms with Gasteiger partial charge < -0.3 is 10.6 Å². The molecule has 1 amide bonds. The van der Waals surface area contributed by atoms with Crippen molar-refractivity contribution in [1.82, 2.24) is 9.97 Å². The molecule has 3 rings (SSSR count). The molecule has 27 heavy (non-hydrogen) atoms. The summed E-state index contributed by atoms with van der Waals surface area (Å²) in [6.07, 6.45) is 0. The number of anilines is 3. The van der Waals surface area contributed by atoms with Crippen LogP contribution in [0.2, 0.25) is 5.02 Å². The molecule has 0 saturated carbocycles. The van der Waals surface area contributed by atoms with Gasteiger partial charge in [0, 0.05) is 28.2 Å². The van der Waals surface area contributed by atoms with Gasteiger partial charge in [-0.05, 0) is 49.7 Å². The van der Waals surface area contributed by atoms with Crippen LogP contribution in [0.4, 0.5) is 26.1 Å². The van der Waals surface area contributed by atoms with Gasteiger partial charge >= 0.3 is 0 Å². The molecule has 0 aliphatic carbocycles. The van der Waals surface area contributed by atoms with Crippen molar-refractivity contribution >= 4 is 34.8 Å². The molecule has 0 fully saturated rings. The summed E-state index contributed by atoms with van der Waals surface area (Å²) in [7, 11) is 0. The molecule has 0 bridgehead atoms. The van der Waals surface area contributed by atoms with Crippen LogP contribution in [0.3, 0.4) is 0 Å². The Morgan fingerprint density at radius 2 is 1.78 bits per heavy atom. The van der Waals surface area contributed by atoms with Gasteiger partial charge in [-0.1, -0.05) is 17.7 Å². The Morgan fingerprint density at radius 3 is 2.52 bits per heavy atom. The number of halogens is 3. The van der Waals surface area contributed by atoms with E-state index in [-0.39, 0.29) is 17.3 Å². The van der Waals surface area contributed by atoms with Crippen LogP contribution in [0.25, 0.3) is 0 Å². The smallest absolute Gasteiger partial charge is 0.274 e. The van der Waals surface area contributed by atoms with Gasteiger partial charge in [0.1, 0.15) is 5.69 Å². The van der Waals surface area contributed by atoms with E-state index in [1.165, 1.54) is 12.1 Å². The van der Waals surface area contributed by atoms with Crippen LogP contribution < -0.4 is 10.6 Å². The monoisotopic (exact) mass is 388 g/mol. The molecule has 0 spiro atoms. The Bertz CT molecular complexity index is 1030. The van der Waals surface area contributed by atoms with Crippen molar-refractivity contribution in [3.05, 3.63) is 76.1 Å². The summed E-state index contributed by atoms with van der Waals surface area (Å²) in [4.78, 5) is 20.9. The summed E-state index contributed by atoms with van der Waals surface area (Å²) in [5, 5.41) is 6.01. The lowest BCUT2D eigenvalue weighted by Crippen LogP contribution is -2.16. The largest absolute Gasteiger partial charge is 0.324 e. The summed E-state index contributed by atoms with van der Waals surface area (Å²) in [5.74, 6) is -2.31. The van der Waals surface area contributed by atoms with Gasteiger partial charge in [-0.15, -0.1) is 0 Å². The second-order valence-electron chi connectivity index (χ2n) is 5.89. The minimum atomic E-state index is -0.998. The lowest BCUT2D eigenvalue weighted by atomic mass is 10.2. The highest BCUT2D eigenvalue weighted by molar-refractivity contribution is 6.31. The maximum absolute atomic E-state index is 13.4. The molecule has 0 aliphatic heterocycles. The number of amides is 1. The minimum absolute atomic E-state index is 0.0916. The summed E-state index contributed by atoms with van der Waals surface area (Å²) in [5.41, 5.74) is 2.32. The summed E-state index contributed by atoms with van der Waals surface area (Å²) >= 11 is 5.97. The molecule has 8 heteroatoms. The number of rotatable bonds is 4. The lowest BCUT2D eigenvalue weighted by molar-refractivity contribution is 0.102. The van der Waals surface area contributed by atoms with Crippen LogP contribution in [0, 0.1) is 25.5 Å². The molecule has 0 atom stereocenters. The second kappa shape index (κ2) is 7.67. The van der Waals surface area contributed by atoms with Gasteiger partial charge in [-0.3, -0.25) is 4.79 Å². The highest BCUT2D eigenvalue weighted by atomic mass is 35.5. The number of aromatic nitrogens is 2. The fourth-order valence-electron chi connectivity index (χ4n) is 2.36. The number of hydrogen-bond donors (Lipinski definition) is 2. The van der Waals surface area contributed by atoms with Gasteiger partial charge in [0.15, 0.2) is 11.6 Å². The molecular weight excluding hydrogens is 374 g/mol. The van der Waals surface area contributed by atoms with Crippen LogP contribution in [0.15, 0.2) is 42.5 Å². The third-order valence-corrected chi connectivity index (χ3v) is 3.95. The van der Waals surface area contributed by atoms with Gasteiger partial charge in [-0.25, -0.2) is 18.7 Å². The van der Waals surface area contributed by atoms with E-state index in [1.807, 2.05) is 6.92 Å². The molecule has 2 aromatic carbocycles. The Morgan fingerprint density at radius 1 is 1.00 bits per heavy atom. The van der Waals surface area contributed by atoms with E-state index in [1.54, 1.807) is 25.1 Å². The number of carbonyl (C=O) groups excluding carboxylic acids is 1. The first-order chi connectivity index (χ1) is 12.8. The third kappa shape index (κ3) is 4.57. The summed E-state index contributed by atoms with van der Waals surface area (Å²) in [6.45, 7) is 3.53. The Balaban J connectivity index is 1.84. The Kier molecular flexibility index (Phi) is 5.32. The van der Waals surface area contributed by atoms with E-state index < -0.39 is 17.5 Å². The number of nitrogens with zero attached hydrogens (tertiary/aromatic N) is 2. The zero-order chi connectivity index (χ0) is 19.6. The van der Waals surface area contributed by atoms with Crippen molar-refractivity contribution in [2.45, 2.75) is 13.8 Å². The predicted octanol–water partition coefficient (Wildman–Crippen LogP) is 5.02.